The lowest BCUT2D eigenvalue weighted by atomic mass is 9.64. The smallest absolute Gasteiger partial charge is 0.236 e. The van der Waals surface area contributed by atoms with Crippen LogP contribution in [0.1, 0.15) is 65.7 Å². The molecule has 0 spiro atoms. The van der Waals surface area contributed by atoms with Gasteiger partial charge in [-0.2, -0.15) is 0 Å². The zero-order valence-electron chi connectivity index (χ0n) is 14.7. The third kappa shape index (κ3) is 4.45. The van der Waals surface area contributed by atoms with Gasteiger partial charge < -0.3 is 15.0 Å². The average Bonchev–Trinajstić information content (AvgIpc) is 2.78. The quantitative estimate of drug-likeness (QED) is 0.735. The molecule has 1 saturated carbocycles. The van der Waals surface area contributed by atoms with Crippen LogP contribution in [0.4, 0.5) is 0 Å². The number of ether oxygens (including phenoxy) is 1. The molecule has 0 bridgehead atoms. The molecular weight excluding hydrogens is 276 g/mol. The molecule has 1 aliphatic heterocycles. The van der Waals surface area contributed by atoms with Crippen LogP contribution in [0.5, 0.6) is 0 Å². The summed E-state index contributed by atoms with van der Waals surface area (Å²) < 4.78 is 5.97. The summed E-state index contributed by atoms with van der Waals surface area (Å²) in [5.41, 5.74) is 0.132. The number of unbranched alkanes of at least 4 members (excludes halogenated alkanes) is 1. The highest BCUT2D eigenvalue weighted by Gasteiger charge is 2.48. The standard InChI is InChI=1S/C18H34N2O2/c1-4-5-12-22-16-13-15(18(16,2)3)19-14-17(21)20-10-8-6-7-9-11-20/h15-16,19H,4-14H2,1-3H3/t15-,16-/m1/s1. The van der Waals surface area contributed by atoms with Crippen molar-refractivity contribution in [2.45, 2.75) is 77.9 Å². The largest absolute Gasteiger partial charge is 0.378 e. The van der Waals surface area contributed by atoms with Gasteiger partial charge in [-0.3, -0.25) is 4.79 Å². The zero-order chi connectivity index (χ0) is 16.0. The molecule has 0 aromatic heterocycles. The Hall–Kier alpha value is -0.610. The van der Waals surface area contributed by atoms with Crippen molar-refractivity contribution >= 4 is 5.91 Å². The van der Waals surface area contributed by atoms with E-state index in [9.17, 15) is 4.79 Å². The van der Waals surface area contributed by atoms with Gasteiger partial charge in [0.1, 0.15) is 0 Å². The highest BCUT2D eigenvalue weighted by atomic mass is 16.5. The molecule has 0 aromatic rings. The van der Waals surface area contributed by atoms with Crippen molar-refractivity contribution in [1.29, 1.82) is 0 Å². The van der Waals surface area contributed by atoms with E-state index in [1.807, 2.05) is 4.90 Å². The van der Waals surface area contributed by atoms with E-state index in [4.69, 9.17) is 4.74 Å². The number of hydrogen-bond acceptors (Lipinski definition) is 3. The molecule has 2 atom stereocenters. The van der Waals surface area contributed by atoms with Crippen LogP contribution in [0.25, 0.3) is 0 Å². The lowest BCUT2D eigenvalue weighted by molar-refractivity contribution is -0.135. The number of nitrogens with zero attached hydrogens (tertiary/aromatic N) is 1. The van der Waals surface area contributed by atoms with Crippen LogP contribution in [0.2, 0.25) is 0 Å². The Labute approximate surface area is 136 Å². The number of carbonyl (C=O) groups excluding carboxylic acids is 1. The molecule has 2 rings (SSSR count). The number of rotatable bonds is 7. The summed E-state index contributed by atoms with van der Waals surface area (Å²) in [4.78, 5) is 14.4. The molecule has 128 valence electrons. The van der Waals surface area contributed by atoms with E-state index in [1.165, 1.54) is 19.3 Å². The second-order valence-corrected chi connectivity index (χ2v) is 7.50. The van der Waals surface area contributed by atoms with Crippen molar-refractivity contribution in [2.24, 2.45) is 5.41 Å². The number of amides is 1. The van der Waals surface area contributed by atoms with E-state index in [2.05, 4.69) is 26.1 Å². The SMILES string of the molecule is CCCCO[C@@H]1C[C@@H](NCC(=O)N2CCCCCC2)C1(C)C. The van der Waals surface area contributed by atoms with Crippen molar-refractivity contribution in [3.05, 3.63) is 0 Å². The molecule has 4 nitrogen and oxygen atoms in total. The molecule has 0 aromatic carbocycles. The van der Waals surface area contributed by atoms with Crippen molar-refractivity contribution in [2.75, 3.05) is 26.2 Å². The highest BCUT2D eigenvalue weighted by molar-refractivity contribution is 5.78. The Morgan fingerprint density at radius 2 is 1.91 bits per heavy atom. The van der Waals surface area contributed by atoms with E-state index in [1.54, 1.807) is 0 Å². The first kappa shape index (κ1) is 17.7. The number of hydrogen-bond donors (Lipinski definition) is 1. The van der Waals surface area contributed by atoms with Crippen molar-refractivity contribution in [3.8, 4) is 0 Å². The Bertz CT molecular complexity index is 349. The molecule has 0 unspecified atom stereocenters. The zero-order valence-corrected chi connectivity index (χ0v) is 14.7. The van der Waals surface area contributed by atoms with Crippen LogP contribution in [0, 0.1) is 5.41 Å². The summed E-state index contributed by atoms with van der Waals surface area (Å²) in [7, 11) is 0. The van der Waals surface area contributed by atoms with Gasteiger partial charge in [0, 0.05) is 31.2 Å². The maximum Gasteiger partial charge on any atom is 0.236 e. The monoisotopic (exact) mass is 310 g/mol. The van der Waals surface area contributed by atoms with Gasteiger partial charge in [0.2, 0.25) is 5.91 Å². The Balaban J connectivity index is 1.69. The Morgan fingerprint density at radius 1 is 1.23 bits per heavy atom. The summed E-state index contributed by atoms with van der Waals surface area (Å²) in [6.45, 7) is 9.92. The number of likely N-dealkylation sites (tertiary alicyclic amines) is 1. The summed E-state index contributed by atoms with van der Waals surface area (Å²) in [6, 6.07) is 0.398. The minimum absolute atomic E-state index is 0.132. The normalized spacial score (nSPS) is 28.0. The van der Waals surface area contributed by atoms with Crippen LogP contribution in [-0.4, -0.2) is 49.2 Å². The van der Waals surface area contributed by atoms with Crippen molar-refractivity contribution < 1.29 is 9.53 Å². The van der Waals surface area contributed by atoms with Crippen molar-refractivity contribution in [1.82, 2.24) is 10.2 Å². The van der Waals surface area contributed by atoms with Crippen LogP contribution < -0.4 is 5.32 Å². The molecule has 4 heteroatoms. The first-order valence-electron chi connectivity index (χ1n) is 9.18. The first-order valence-corrected chi connectivity index (χ1v) is 9.18. The van der Waals surface area contributed by atoms with Gasteiger partial charge in [-0.25, -0.2) is 0 Å². The van der Waals surface area contributed by atoms with E-state index in [0.717, 1.165) is 45.4 Å². The van der Waals surface area contributed by atoms with Crippen LogP contribution in [0.15, 0.2) is 0 Å². The van der Waals surface area contributed by atoms with Gasteiger partial charge in [0.15, 0.2) is 0 Å². The summed E-state index contributed by atoms with van der Waals surface area (Å²) in [6.07, 6.45) is 8.54. The first-order chi connectivity index (χ1) is 10.6. The maximum atomic E-state index is 12.3. The third-order valence-electron chi connectivity index (χ3n) is 5.45. The predicted octanol–water partition coefficient (Wildman–Crippen LogP) is 2.96. The molecule has 1 N–H and O–H groups in total. The highest BCUT2D eigenvalue weighted by Crippen LogP contribution is 2.42. The Kier molecular flexibility index (Phi) is 6.69. The molecule has 22 heavy (non-hydrogen) atoms. The maximum absolute atomic E-state index is 12.3. The molecule has 0 radical (unpaired) electrons. The Morgan fingerprint density at radius 3 is 2.50 bits per heavy atom. The van der Waals surface area contributed by atoms with Crippen LogP contribution in [0.3, 0.4) is 0 Å². The molecule has 2 fully saturated rings. The van der Waals surface area contributed by atoms with E-state index < -0.39 is 0 Å². The topological polar surface area (TPSA) is 41.6 Å². The van der Waals surface area contributed by atoms with Gasteiger partial charge in [0.25, 0.3) is 0 Å². The van der Waals surface area contributed by atoms with Gasteiger partial charge >= 0.3 is 0 Å². The fraction of sp³-hybridized carbons (Fsp3) is 0.944. The molecule has 1 aliphatic carbocycles. The minimum Gasteiger partial charge on any atom is -0.378 e. The van der Waals surface area contributed by atoms with Gasteiger partial charge in [-0.15, -0.1) is 0 Å². The van der Waals surface area contributed by atoms with E-state index in [-0.39, 0.29) is 11.3 Å². The molecule has 2 aliphatic rings. The third-order valence-corrected chi connectivity index (χ3v) is 5.45. The van der Waals surface area contributed by atoms with Crippen molar-refractivity contribution in [3.63, 3.8) is 0 Å². The molecule has 1 amide bonds. The van der Waals surface area contributed by atoms with Gasteiger partial charge in [0.05, 0.1) is 12.6 Å². The average molecular weight is 310 g/mol. The lowest BCUT2D eigenvalue weighted by Gasteiger charge is -2.52. The van der Waals surface area contributed by atoms with Crippen LogP contribution >= 0.6 is 0 Å². The fourth-order valence-corrected chi connectivity index (χ4v) is 3.53. The second kappa shape index (κ2) is 8.30. The predicted molar refractivity (Wildman–Crippen MR) is 89.9 cm³/mol. The van der Waals surface area contributed by atoms with Gasteiger partial charge in [-0.05, 0) is 25.7 Å². The number of carbonyl (C=O) groups is 1. The van der Waals surface area contributed by atoms with Crippen LogP contribution in [-0.2, 0) is 9.53 Å². The molecular formula is C18H34N2O2. The lowest BCUT2D eigenvalue weighted by Crippen LogP contribution is -2.62. The minimum atomic E-state index is 0.132. The van der Waals surface area contributed by atoms with E-state index >= 15 is 0 Å². The molecule has 1 heterocycles. The van der Waals surface area contributed by atoms with E-state index in [0.29, 0.717) is 18.7 Å². The summed E-state index contributed by atoms with van der Waals surface area (Å²) in [5, 5.41) is 3.48. The summed E-state index contributed by atoms with van der Waals surface area (Å²) in [5.74, 6) is 0.271. The fourth-order valence-electron chi connectivity index (χ4n) is 3.53. The van der Waals surface area contributed by atoms with Gasteiger partial charge in [-0.1, -0.05) is 40.0 Å². The second-order valence-electron chi connectivity index (χ2n) is 7.50. The molecule has 1 saturated heterocycles. The number of nitrogens with one attached hydrogen (secondary N) is 1. The summed E-state index contributed by atoms with van der Waals surface area (Å²) >= 11 is 0.